The van der Waals surface area contributed by atoms with Crippen LogP contribution >= 0.6 is 0 Å². The third-order valence-corrected chi connectivity index (χ3v) is 8.93. The van der Waals surface area contributed by atoms with E-state index in [4.69, 9.17) is 4.74 Å². The topological polar surface area (TPSA) is 117 Å². The molecule has 3 atom stereocenters. The number of aromatic nitrogens is 2. The van der Waals surface area contributed by atoms with Gasteiger partial charge in [-0.3, -0.25) is 9.52 Å². The number of amides is 1. The van der Waals surface area contributed by atoms with Crippen LogP contribution in [-0.2, 0) is 17.1 Å². The zero-order chi connectivity index (χ0) is 27.4. The highest BCUT2D eigenvalue weighted by molar-refractivity contribution is 7.92. The van der Waals surface area contributed by atoms with Crippen molar-refractivity contribution < 1.29 is 23.1 Å². The number of likely N-dealkylation sites (N-methyl/N-ethyl adjacent to an activating group) is 1. The van der Waals surface area contributed by atoms with Crippen molar-refractivity contribution in [1.82, 2.24) is 19.4 Å². The van der Waals surface area contributed by atoms with Crippen molar-refractivity contribution in [2.45, 2.75) is 63.1 Å². The molecule has 1 aliphatic carbocycles. The number of carbonyl (C=O) groups is 1. The number of imidazole rings is 1. The van der Waals surface area contributed by atoms with E-state index in [-0.39, 0.29) is 40.8 Å². The first kappa shape index (κ1) is 28.4. The van der Waals surface area contributed by atoms with Gasteiger partial charge in [0.1, 0.15) is 11.9 Å². The van der Waals surface area contributed by atoms with Gasteiger partial charge in [-0.15, -0.1) is 0 Å². The Kier molecular flexibility index (Phi) is 9.00. The molecule has 2 heterocycles. The van der Waals surface area contributed by atoms with Crippen LogP contribution in [0.5, 0.6) is 5.75 Å². The van der Waals surface area contributed by atoms with Gasteiger partial charge in [0.05, 0.1) is 24.5 Å². The molecule has 0 saturated heterocycles. The monoisotopic (exact) mass is 547 g/mol. The van der Waals surface area contributed by atoms with Crippen molar-refractivity contribution in [2.24, 2.45) is 18.9 Å². The summed E-state index contributed by atoms with van der Waals surface area (Å²) in [6.07, 6.45) is 9.09. The Morgan fingerprint density at radius 3 is 2.63 bits per heavy atom. The molecule has 1 aromatic heterocycles. The number of anilines is 1. The minimum Gasteiger partial charge on any atom is -0.488 e. The molecule has 1 aliphatic heterocycles. The lowest BCUT2D eigenvalue weighted by Gasteiger charge is -2.38. The molecule has 2 N–H and O–H groups in total. The molecule has 2 aromatic rings. The quantitative estimate of drug-likeness (QED) is 0.496. The van der Waals surface area contributed by atoms with Gasteiger partial charge < -0.3 is 24.2 Å². The smallest absolute Gasteiger partial charge is 0.280 e. The SMILES string of the molecule is C[C@@H]1CN([C@@H](C)CO)C(=O)c2cc(NS(=O)(=O)c3cn(C)cn3)ccc2O[C@H]1CN(C)CC1CCCCC1. The van der Waals surface area contributed by atoms with E-state index in [2.05, 4.69) is 28.6 Å². The second-order valence-corrected chi connectivity index (χ2v) is 12.7. The third-order valence-electron chi connectivity index (χ3n) is 7.66. The predicted octanol–water partition coefficient (Wildman–Crippen LogP) is 2.95. The van der Waals surface area contributed by atoms with Gasteiger partial charge in [-0.1, -0.05) is 26.2 Å². The van der Waals surface area contributed by atoms with Crippen molar-refractivity contribution in [3.63, 3.8) is 0 Å². The zero-order valence-electron chi connectivity index (χ0n) is 22.8. The highest BCUT2D eigenvalue weighted by atomic mass is 32.2. The Labute approximate surface area is 226 Å². The molecule has 1 amide bonds. The van der Waals surface area contributed by atoms with E-state index >= 15 is 0 Å². The Balaban J connectivity index is 1.60. The van der Waals surface area contributed by atoms with E-state index < -0.39 is 16.1 Å². The number of nitrogens with zero attached hydrogens (tertiary/aromatic N) is 4. The summed E-state index contributed by atoms with van der Waals surface area (Å²) in [6.45, 7) is 5.86. The number of hydrogen-bond acceptors (Lipinski definition) is 7. The Bertz CT molecular complexity index is 1210. The second kappa shape index (κ2) is 12.0. The van der Waals surface area contributed by atoms with E-state index in [1.165, 1.54) is 50.7 Å². The number of hydrogen-bond donors (Lipinski definition) is 2. The Morgan fingerprint density at radius 2 is 1.97 bits per heavy atom. The molecule has 4 rings (SSSR count). The summed E-state index contributed by atoms with van der Waals surface area (Å²) in [4.78, 5) is 21.6. The Morgan fingerprint density at radius 1 is 1.24 bits per heavy atom. The number of nitrogens with one attached hydrogen (secondary N) is 1. The lowest BCUT2D eigenvalue weighted by molar-refractivity contribution is 0.0330. The molecule has 0 radical (unpaired) electrons. The lowest BCUT2D eigenvalue weighted by atomic mass is 9.89. The molecule has 38 heavy (non-hydrogen) atoms. The van der Waals surface area contributed by atoms with Gasteiger partial charge in [-0.25, -0.2) is 4.98 Å². The molecule has 1 saturated carbocycles. The maximum absolute atomic E-state index is 13.6. The predicted molar refractivity (Wildman–Crippen MR) is 146 cm³/mol. The first-order valence-electron chi connectivity index (χ1n) is 13.5. The van der Waals surface area contributed by atoms with Crippen molar-refractivity contribution in [1.29, 1.82) is 0 Å². The Hall–Kier alpha value is -2.63. The van der Waals surface area contributed by atoms with E-state index in [9.17, 15) is 18.3 Å². The molecular weight excluding hydrogens is 506 g/mol. The number of aryl methyl sites for hydroxylation is 1. The third kappa shape index (κ3) is 6.68. The molecule has 1 aromatic carbocycles. The number of aliphatic hydroxyl groups excluding tert-OH is 1. The van der Waals surface area contributed by atoms with Gasteiger partial charge in [-0.2, -0.15) is 8.42 Å². The van der Waals surface area contributed by atoms with E-state index in [0.717, 1.165) is 6.54 Å². The highest BCUT2D eigenvalue weighted by Crippen LogP contribution is 2.32. The molecule has 0 spiro atoms. The van der Waals surface area contributed by atoms with Crippen LogP contribution in [0.15, 0.2) is 35.7 Å². The minimum atomic E-state index is -3.93. The standard InChI is InChI=1S/C27H41N5O5S/c1-19-13-32(20(2)17-33)27(34)23-12-22(29-38(35,36)26-16-31(4)18-28-26)10-11-24(23)37-25(19)15-30(3)14-21-8-6-5-7-9-21/h10-12,16,18-21,25,29,33H,5-9,13-15,17H2,1-4H3/t19-,20+,25+/m1/s1. The van der Waals surface area contributed by atoms with Gasteiger partial charge in [0.15, 0.2) is 5.03 Å². The summed E-state index contributed by atoms with van der Waals surface area (Å²) in [5.74, 6) is 0.833. The number of benzene rings is 1. The van der Waals surface area contributed by atoms with Crippen LogP contribution in [0, 0.1) is 11.8 Å². The normalized spacial score (nSPS) is 21.9. The number of ether oxygens (including phenoxy) is 1. The van der Waals surface area contributed by atoms with Crippen molar-refractivity contribution >= 4 is 21.6 Å². The van der Waals surface area contributed by atoms with Crippen molar-refractivity contribution in [3.05, 3.63) is 36.3 Å². The average molecular weight is 548 g/mol. The summed E-state index contributed by atoms with van der Waals surface area (Å²) in [7, 11) is -0.118. The summed E-state index contributed by atoms with van der Waals surface area (Å²) >= 11 is 0. The largest absolute Gasteiger partial charge is 0.488 e. The summed E-state index contributed by atoms with van der Waals surface area (Å²) in [5.41, 5.74) is 0.501. The number of aliphatic hydroxyl groups is 1. The molecule has 0 bridgehead atoms. The number of carbonyl (C=O) groups excluding carboxylic acids is 1. The van der Waals surface area contributed by atoms with Crippen LogP contribution in [0.4, 0.5) is 5.69 Å². The van der Waals surface area contributed by atoms with Crippen LogP contribution in [0.3, 0.4) is 0 Å². The number of sulfonamides is 1. The van der Waals surface area contributed by atoms with Crippen LogP contribution in [0.1, 0.15) is 56.3 Å². The van der Waals surface area contributed by atoms with Crippen LogP contribution in [0.2, 0.25) is 0 Å². The molecule has 0 unspecified atom stereocenters. The molecular formula is C27H41N5O5S. The molecule has 10 nitrogen and oxygen atoms in total. The average Bonchev–Trinajstić information content (AvgIpc) is 3.34. The van der Waals surface area contributed by atoms with Gasteiger partial charge in [0.2, 0.25) is 0 Å². The summed E-state index contributed by atoms with van der Waals surface area (Å²) in [5, 5.41) is 9.78. The fourth-order valence-corrected chi connectivity index (χ4v) is 6.46. The number of rotatable bonds is 9. The maximum Gasteiger partial charge on any atom is 0.280 e. The van der Waals surface area contributed by atoms with Gasteiger partial charge in [-0.05, 0) is 50.9 Å². The van der Waals surface area contributed by atoms with Crippen LogP contribution in [0.25, 0.3) is 0 Å². The molecule has 11 heteroatoms. The van der Waals surface area contributed by atoms with E-state index in [1.807, 2.05) is 6.92 Å². The van der Waals surface area contributed by atoms with E-state index in [1.54, 1.807) is 28.6 Å². The van der Waals surface area contributed by atoms with Gasteiger partial charge in [0, 0.05) is 44.5 Å². The van der Waals surface area contributed by atoms with Crippen molar-refractivity contribution in [3.8, 4) is 5.75 Å². The van der Waals surface area contributed by atoms with Crippen LogP contribution in [-0.4, -0.2) is 84.2 Å². The molecule has 2 aliphatic rings. The second-order valence-electron chi connectivity index (χ2n) is 11.0. The van der Waals surface area contributed by atoms with Gasteiger partial charge in [0.25, 0.3) is 15.9 Å². The first-order valence-corrected chi connectivity index (χ1v) is 15.0. The van der Waals surface area contributed by atoms with Crippen molar-refractivity contribution in [2.75, 3.05) is 38.0 Å². The lowest BCUT2D eigenvalue weighted by Crippen LogP contribution is -2.50. The summed E-state index contributed by atoms with van der Waals surface area (Å²) in [6, 6.07) is 4.36. The van der Waals surface area contributed by atoms with E-state index in [0.29, 0.717) is 24.8 Å². The fraction of sp³-hybridized carbons (Fsp3) is 0.630. The molecule has 210 valence electrons. The highest BCUT2D eigenvalue weighted by Gasteiger charge is 2.34. The zero-order valence-corrected chi connectivity index (χ0v) is 23.7. The summed E-state index contributed by atoms with van der Waals surface area (Å²) < 4.78 is 36.2. The fourth-order valence-electron chi connectivity index (χ4n) is 5.43. The first-order chi connectivity index (χ1) is 18.1. The van der Waals surface area contributed by atoms with Crippen LogP contribution < -0.4 is 9.46 Å². The molecule has 1 fully saturated rings. The maximum atomic E-state index is 13.6. The van der Waals surface area contributed by atoms with Gasteiger partial charge >= 0.3 is 0 Å². The number of fused-ring (bicyclic) bond motifs is 1. The minimum absolute atomic E-state index is 0.0252.